The predicted octanol–water partition coefficient (Wildman–Crippen LogP) is 3.68. The molecule has 2 unspecified atom stereocenters. The number of unbranched alkanes of at least 4 members (excludes halogenated alkanes) is 1. The van der Waals surface area contributed by atoms with E-state index in [1.807, 2.05) is 27.7 Å². The molecular weight excluding hydrogens is 254 g/mol. The van der Waals surface area contributed by atoms with Gasteiger partial charge in [0, 0.05) is 19.7 Å². The van der Waals surface area contributed by atoms with E-state index in [4.69, 9.17) is 9.84 Å². The first-order valence-electron chi connectivity index (χ1n) is 7.80. The number of carbonyl (C=O) groups is 1. The first-order valence-corrected chi connectivity index (χ1v) is 7.80. The fraction of sp³-hybridized carbons (Fsp3) is 0.938. The van der Waals surface area contributed by atoms with Gasteiger partial charge in [0.15, 0.2) is 0 Å². The largest absolute Gasteiger partial charge is 0.444 e. The number of nitrogens with zero attached hydrogens (tertiary/aromatic N) is 1. The number of rotatable bonds is 8. The third kappa shape index (κ3) is 8.41. The van der Waals surface area contributed by atoms with Crippen molar-refractivity contribution in [3.05, 3.63) is 0 Å². The van der Waals surface area contributed by atoms with E-state index in [2.05, 4.69) is 13.8 Å². The van der Waals surface area contributed by atoms with Crippen molar-refractivity contribution < 1.29 is 14.6 Å². The van der Waals surface area contributed by atoms with Gasteiger partial charge in [-0.2, -0.15) is 0 Å². The average molecular weight is 287 g/mol. The molecule has 0 fully saturated rings. The maximum atomic E-state index is 11.9. The fourth-order valence-electron chi connectivity index (χ4n) is 1.94. The average Bonchev–Trinajstić information content (AvgIpc) is 2.35. The first-order chi connectivity index (χ1) is 9.21. The molecule has 2 atom stereocenters. The van der Waals surface area contributed by atoms with Gasteiger partial charge in [-0.1, -0.05) is 26.7 Å². The van der Waals surface area contributed by atoms with E-state index in [1.54, 1.807) is 4.90 Å². The molecule has 1 N–H and O–H groups in total. The SMILES string of the molecule is CCN(CCCCC(C)C(C)CO)C(=O)OC(C)(C)C. The van der Waals surface area contributed by atoms with Crippen LogP contribution in [0.4, 0.5) is 4.79 Å². The minimum Gasteiger partial charge on any atom is -0.444 e. The monoisotopic (exact) mass is 287 g/mol. The molecule has 4 heteroatoms. The van der Waals surface area contributed by atoms with Crippen LogP contribution in [0.25, 0.3) is 0 Å². The molecule has 120 valence electrons. The summed E-state index contributed by atoms with van der Waals surface area (Å²) >= 11 is 0. The molecule has 0 aliphatic rings. The second kappa shape index (κ2) is 9.22. The summed E-state index contributed by atoms with van der Waals surface area (Å²) in [5.74, 6) is 0.875. The number of aliphatic hydroxyl groups excluding tert-OH is 1. The van der Waals surface area contributed by atoms with Crippen LogP contribution < -0.4 is 0 Å². The van der Waals surface area contributed by atoms with E-state index in [0.717, 1.165) is 25.8 Å². The molecule has 0 spiro atoms. The van der Waals surface area contributed by atoms with E-state index in [9.17, 15) is 4.79 Å². The number of aliphatic hydroxyl groups is 1. The highest BCUT2D eigenvalue weighted by Gasteiger charge is 2.20. The zero-order chi connectivity index (χ0) is 15.8. The molecule has 0 aromatic rings. The van der Waals surface area contributed by atoms with E-state index < -0.39 is 5.60 Å². The number of amides is 1. The Morgan fingerprint density at radius 3 is 2.25 bits per heavy atom. The van der Waals surface area contributed by atoms with Gasteiger partial charge in [0.05, 0.1) is 0 Å². The van der Waals surface area contributed by atoms with Crippen molar-refractivity contribution in [2.24, 2.45) is 11.8 Å². The van der Waals surface area contributed by atoms with Crippen molar-refractivity contribution in [3.63, 3.8) is 0 Å². The zero-order valence-corrected chi connectivity index (χ0v) is 14.1. The van der Waals surface area contributed by atoms with Crippen LogP contribution >= 0.6 is 0 Å². The maximum Gasteiger partial charge on any atom is 0.410 e. The molecule has 0 saturated carbocycles. The topological polar surface area (TPSA) is 49.8 Å². The second-order valence-electron chi connectivity index (χ2n) is 6.69. The lowest BCUT2D eigenvalue weighted by Gasteiger charge is -2.26. The Kier molecular flexibility index (Phi) is 8.86. The smallest absolute Gasteiger partial charge is 0.410 e. The molecular formula is C16H33NO3. The molecule has 4 nitrogen and oxygen atoms in total. The first kappa shape index (κ1) is 19.2. The Balaban J connectivity index is 3.99. The molecule has 0 aliphatic heterocycles. The summed E-state index contributed by atoms with van der Waals surface area (Å²) in [6, 6.07) is 0. The summed E-state index contributed by atoms with van der Waals surface area (Å²) in [5.41, 5.74) is -0.435. The van der Waals surface area contributed by atoms with Gasteiger partial charge < -0.3 is 14.7 Å². The third-order valence-electron chi connectivity index (χ3n) is 3.63. The van der Waals surface area contributed by atoms with Crippen molar-refractivity contribution in [2.45, 2.75) is 66.4 Å². The Hall–Kier alpha value is -0.770. The van der Waals surface area contributed by atoms with E-state index >= 15 is 0 Å². The molecule has 0 radical (unpaired) electrons. The number of hydrogen-bond donors (Lipinski definition) is 1. The van der Waals surface area contributed by atoms with Crippen LogP contribution in [0, 0.1) is 11.8 Å². The number of hydrogen-bond acceptors (Lipinski definition) is 3. The lowest BCUT2D eigenvalue weighted by molar-refractivity contribution is 0.0256. The predicted molar refractivity (Wildman–Crippen MR) is 82.7 cm³/mol. The standard InChI is InChI=1S/C16H33NO3/c1-7-17(15(19)20-16(4,5)6)11-9-8-10-13(2)14(3)12-18/h13-14,18H,7-12H2,1-6H3. The Morgan fingerprint density at radius 1 is 1.20 bits per heavy atom. The van der Waals surface area contributed by atoms with Gasteiger partial charge in [-0.15, -0.1) is 0 Å². The molecule has 20 heavy (non-hydrogen) atoms. The Morgan fingerprint density at radius 2 is 1.80 bits per heavy atom. The van der Waals surface area contributed by atoms with Crippen molar-refractivity contribution in [3.8, 4) is 0 Å². The number of carbonyl (C=O) groups excluding carboxylic acids is 1. The molecule has 0 bridgehead atoms. The highest BCUT2D eigenvalue weighted by Crippen LogP contribution is 2.17. The van der Waals surface area contributed by atoms with Crippen molar-refractivity contribution in [1.29, 1.82) is 0 Å². The van der Waals surface area contributed by atoms with Gasteiger partial charge in [-0.25, -0.2) is 4.79 Å². The summed E-state index contributed by atoms with van der Waals surface area (Å²) in [7, 11) is 0. The van der Waals surface area contributed by atoms with Crippen molar-refractivity contribution in [2.75, 3.05) is 19.7 Å². The minimum atomic E-state index is -0.435. The molecule has 0 aromatic heterocycles. The van der Waals surface area contributed by atoms with Crippen molar-refractivity contribution in [1.82, 2.24) is 4.90 Å². The van der Waals surface area contributed by atoms with Crippen molar-refractivity contribution >= 4 is 6.09 Å². The van der Waals surface area contributed by atoms with Crippen LogP contribution in [-0.4, -0.2) is 41.4 Å². The van der Waals surface area contributed by atoms with Crippen LogP contribution in [-0.2, 0) is 4.74 Å². The van der Waals surface area contributed by atoms with Gasteiger partial charge in [-0.3, -0.25) is 0 Å². The minimum absolute atomic E-state index is 0.225. The van der Waals surface area contributed by atoms with Gasteiger partial charge in [0.25, 0.3) is 0 Å². The van der Waals surface area contributed by atoms with Crippen LogP contribution in [0.5, 0.6) is 0 Å². The zero-order valence-electron chi connectivity index (χ0n) is 14.1. The van der Waals surface area contributed by atoms with Gasteiger partial charge >= 0.3 is 6.09 Å². The summed E-state index contributed by atoms with van der Waals surface area (Å²) < 4.78 is 5.38. The van der Waals surface area contributed by atoms with E-state index in [0.29, 0.717) is 18.4 Å². The third-order valence-corrected chi connectivity index (χ3v) is 3.63. The molecule has 0 saturated heterocycles. The quantitative estimate of drug-likeness (QED) is 0.693. The van der Waals surface area contributed by atoms with Crippen LogP contribution in [0.1, 0.15) is 60.8 Å². The van der Waals surface area contributed by atoms with E-state index in [-0.39, 0.29) is 12.7 Å². The lowest BCUT2D eigenvalue weighted by Crippen LogP contribution is -2.37. The van der Waals surface area contributed by atoms with Gasteiger partial charge in [-0.05, 0) is 46.0 Å². The summed E-state index contributed by atoms with van der Waals surface area (Å²) in [6.45, 7) is 13.5. The normalized spacial score (nSPS) is 14.8. The summed E-state index contributed by atoms with van der Waals surface area (Å²) in [5, 5.41) is 9.10. The second-order valence-corrected chi connectivity index (χ2v) is 6.69. The summed E-state index contributed by atoms with van der Waals surface area (Å²) in [4.78, 5) is 13.7. The Bertz CT molecular complexity index is 273. The number of ether oxygens (including phenoxy) is 1. The highest BCUT2D eigenvalue weighted by atomic mass is 16.6. The van der Waals surface area contributed by atoms with Crippen LogP contribution in [0.15, 0.2) is 0 Å². The maximum absolute atomic E-state index is 11.9. The highest BCUT2D eigenvalue weighted by molar-refractivity contribution is 5.68. The Labute approximate surface area is 124 Å². The molecule has 0 aliphatic carbocycles. The summed E-state index contributed by atoms with van der Waals surface area (Å²) in [6.07, 6.45) is 2.92. The molecule has 0 heterocycles. The molecule has 0 aromatic carbocycles. The van der Waals surface area contributed by atoms with Crippen LogP contribution in [0.3, 0.4) is 0 Å². The molecule has 0 rings (SSSR count). The van der Waals surface area contributed by atoms with Crippen LogP contribution in [0.2, 0.25) is 0 Å². The fourth-order valence-corrected chi connectivity index (χ4v) is 1.94. The van der Waals surface area contributed by atoms with Gasteiger partial charge in [0.1, 0.15) is 5.60 Å². The molecule has 1 amide bonds. The lowest BCUT2D eigenvalue weighted by atomic mass is 9.92. The van der Waals surface area contributed by atoms with E-state index in [1.165, 1.54) is 0 Å². The van der Waals surface area contributed by atoms with Gasteiger partial charge in [0.2, 0.25) is 0 Å².